The summed E-state index contributed by atoms with van der Waals surface area (Å²) >= 11 is 0. The molecule has 0 radical (unpaired) electrons. The monoisotopic (exact) mass is 588 g/mol. The van der Waals surface area contributed by atoms with Gasteiger partial charge in [-0.3, -0.25) is 4.79 Å². The normalized spacial score (nSPS) is 42.6. The van der Waals surface area contributed by atoms with Gasteiger partial charge in [-0.15, -0.1) is 0 Å². The molecule has 228 valence electrons. The Hall–Kier alpha value is -3.23. The van der Waals surface area contributed by atoms with Crippen molar-refractivity contribution in [1.29, 1.82) is 0 Å². The Morgan fingerprint density at radius 3 is 2.49 bits per heavy atom. The molecular weight excluding hydrogens is 548 g/mol. The van der Waals surface area contributed by atoms with E-state index in [9.17, 15) is 14.4 Å². The molecule has 7 rings (SSSR count). The second-order valence-corrected chi connectivity index (χ2v) is 13.9. The molecule has 2 saturated heterocycles. The lowest BCUT2D eigenvalue weighted by Crippen LogP contribution is -2.70. The zero-order chi connectivity index (χ0) is 30.3. The van der Waals surface area contributed by atoms with Gasteiger partial charge in [0.05, 0.1) is 43.0 Å². The zero-order valence-corrected chi connectivity index (χ0v) is 25.4. The van der Waals surface area contributed by atoms with Crippen LogP contribution in [0.2, 0.25) is 0 Å². The standard InChI is InChI=1S/C35H40O8/c1-19-23(22-12-14-39-17-22)15-24-28(19)35(5)25(11-13-36)34(4)27(43-32(38)21-9-7-6-8-10-21)16-26(41-20(2)37)33(3)18-40-29(30(33)34)31(35)42-24/h6-10,12-14,17,23-27,29-31H,11,15-16,18H2,1-5H3/t23-,24-,25-,26-,27+,29-,30+,31-,33-,34+,35-/m1/s1. The van der Waals surface area contributed by atoms with E-state index < -0.39 is 34.4 Å². The highest BCUT2D eigenvalue weighted by Crippen LogP contribution is 2.73. The Morgan fingerprint density at radius 2 is 1.81 bits per heavy atom. The van der Waals surface area contributed by atoms with E-state index in [1.807, 2.05) is 24.3 Å². The number of carbonyl (C=O) groups is 3. The van der Waals surface area contributed by atoms with Crippen LogP contribution >= 0.6 is 0 Å². The van der Waals surface area contributed by atoms with E-state index in [-0.39, 0.29) is 48.5 Å². The van der Waals surface area contributed by atoms with Gasteiger partial charge < -0.3 is 28.2 Å². The Labute approximate surface area is 252 Å². The summed E-state index contributed by atoms with van der Waals surface area (Å²) in [5, 5.41) is 0. The topological polar surface area (TPSA) is 101 Å². The molecule has 5 aliphatic rings. The molecule has 11 atom stereocenters. The van der Waals surface area contributed by atoms with Gasteiger partial charge in [-0.2, -0.15) is 0 Å². The van der Waals surface area contributed by atoms with Crippen molar-refractivity contribution in [2.45, 2.75) is 90.3 Å². The van der Waals surface area contributed by atoms with Gasteiger partial charge >= 0.3 is 11.9 Å². The van der Waals surface area contributed by atoms with E-state index in [1.165, 1.54) is 18.1 Å². The molecule has 2 aliphatic heterocycles. The Balaban J connectivity index is 1.38. The molecule has 1 aromatic carbocycles. The van der Waals surface area contributed by atoms with Crippen molar-refractivity contribution in [2.75, 3.05) is 6.61 Å². The lowest BCUT2D eigenvalue weighted by Gasteiger charge is -2.65. The third-order valence-electron chi connectivity index (χ3n) is 12.0. The van der Waals surface area contributed by atoms with E-state index in [1.54, 1.807) is 24.7 Å². The number of allylic oxidation sites excluding steroid dienone is 1. The lowest BCUT2D eigenvalue weighted by atomic mass is 9.40. The molecule has 3 aliphatic carbocycles. The summed E-state index contributed by atoms with van der Waals surface area (Å²) in [5.41, 5.74) is 2.30. The smallest absolute Gasteiger partial charge is 0.338 e. The number of benzene rings is 1. The first-order valence-electron chi connectivity index (χ1n) is 15.4. The molecule has 4 fully saturated rings. The van der Waals surface area contributed by atoms with E-state index >= 15 is 0 Å². The molecule has 8 nitrogen and oxygen atoms in total. The average Bonchev–Trinajstić information content (AvgIpc) is 3.75. The fraction of sp³-hybridized carbons (Fsp3) is 0.571. The van der Waals surface area contributed by atoms with Crippen LogP contribution in [0.5, 0.6) is 0 Å². The number of ether oxygens (including phenoxy) is 4. The number of furan rings is 1. The van der Waals surface area contributed by atoms with Crippen molar-refractivity contribution in [3.8, 4) is 0 Å². The number of esters is 2. The van der Waals surface area contributed by atoms with Crippen molar-refractivity contribution >= 4 is 18.2 Å². The Kier molecular flexibility index (Phi) is 6.57. The van der Waals surface area contributed by atoms with Crippen LogP contribution in [0.25, 0.3) is 0 Å². The van der Waals surface area contributed by atoms with Gasteiger partial charge in [0.25, 0.3) is 0 Å². The minimum atomic E-state index is -0.678. The number of hydrogen-bond donors (Lipinski definition) is 0. The third kappa shape index (κ3) is 3.84. The second-order valence-electron chi connectivity index (χ2n) is 13.9. The minimum Gasteiger partial charge on any atom is -0.472 e. The third-order valence-corrected chi connectivity index (χ3v) is 12.0. The quantitative estimate of drug-likeness (QED) is 0.242. The number of rotatable bonds is 6. The summed E-state index contributed by atoms with van der Waals surface area (Å²) in [7, 11) is 0. The van der Waals surface area contributed by atoms with Crippen molar-refractivity contribution < 1.29 is 37.7 Å². The van der Waals surface area contributed by atoms with E-state index in [0.717, 1.165) is 18.3 Å². The highest BCUT2D eigenvalue weighted by atomic mass is 16.6. The summed E-state index contributed by atoms with van der Waals surface area (Å²) in [6.45, 7) is 10.5. The van der Waals surface area contributed by atoms with Crippen LogP contribution < -0.4 is 0 Å². The van der Waals surface area contributed by atoms with Crippen LogP contribution in [0, 0.1) is 28.1 Å². The molecule has 1 aromatic heterocycles. The van der Waals surface area contributed by atoms with E-state index in [2.05, 4.69) is 27.7 Å². The molecule has 0 N–H and O–H groups in total. The molecule has 8 heteroatoms. The Bertz CT molecular complexity index is 1460. The van der Waals surface area contributed by atoms with Crippen LogP contribution in [0.4, 0.5) is 0 Å². The van der Waals surface area contributed by atoms with Crippen molar-refractivity contribution in [1.82, 2.24) is 0 Å². The fourth-order valence-electron chi connectivity index (χ4n) is 10.4. The van der Waals surface area contributed by atoms with Gasteiger partial charge in [-0.25, -0.2) is 4.79 Å². The molecule has 2 aromatic rings. The van der Waals surface area contributed by atoms with E-state index in [0.29, 0.717) is 18.6 Å². The summed E-state index contributed by atoms with van der Waals surface area (Å²) in [4.78, 5) is 38.6. The number of carbonyl (C=O) groups excluding carboxylic acids is 3. The van der Waals surface area contributed by atoms with Gasteiger partial charge in [0.15, 0.2) is 0 Å². The molecule has 0 amide bonds. The highest BCUT2D eigenvalue weighted by Gasteiger charge is 2.78. The first-order chi connectivity index (χ1) is 20.5. The first-order valence-corrected chi connectivity index (χ1v) is 15.4. The molecule has 43 heavy (non-hydrogen) atoms. The van der Waals surface area contributed by atoms with Crippen LogP contribution in [-0.2, 0) is 28.5 Å². The predicted octanol–water partition coefficient (Wildman–Crippen LogP) is 5.66. The van der Waals surface area contributed by atoms with Crippen LogP contribution in [0.3, 0.4) is 0 Å². The van der Waals surface area contributed by atoms with Gasteiger partial charge in [0.2, 0.25) is 0 Å². The molecule has 0 spiro atoms. The summed E-state index contributed by atoms with van der Waals surface area (Å²) < 4.78 is 31.6. The molecule has 3 heterocycles. The molecule has 0 bridgehead atoms. The van der Waals surface area contributed by atoms with Crippen LogP contribution in [0.15, 0.2) is 64.5 Å². The molecule has 0 unspecified atom stereocenters. The summed E-state index contributed by atoms with van der Waals surface area (Å²) in [6.07, 6.45) is 4.05. The van der Waals surface area contributed by atoms with Gasteiger partial charge in [-0.05, 0) is 48.6 Å². The van der Waals surface area contributed by atoms with Crippen LogP contribution in [0.1, 0.15) is 75.7 Å². The van der Waals surface area contributed by atoms with Gasteiger partial charge in [0, 0.05) is 47.8 Å². The van der Waals surface area contributed by atoms with Crippen molar-refractivity contribution in [2.24, 2.45) is 28.1 Å². The minimum absolute atomic E-state index is 0.113. The number of fused-ring (bicyclic) bond motifs is 4. The van der Waals surface area contributed by atoms with E-state index in [4.69, 9.17) is 23.4 Å². The maximum Gasteiger partial charge on any atom is 0.338 e. The maximum absolute atomic E-state index is 13.6. The molecular formula is C35H40O8. The predicted molar refractivity (Wildman–Crippen MR) is 155 cm³/mol. The second kappa shape index (κ2) is 9.89. The number of hydrogen-bond acceptors (Lipinski definition) is 8. The SMILES string of the molecule is CC(=O)O[C@@H]1C[C@H](OC(=O)c2ccccc2)[C@@]2(C)[C@H]3[C@@H](OC[C@]13C)[C@H]1O[C@@H]3C[C@@H](c4ccoc4)C(C)=C3[C@@]1(C)[C@@H]2CC=O. The first kappa shape index (κ1) is 28.5. The summed E-state index contributed by atoms with van der Waals surface area (Å²) in [5.74, 6) is -1.04. The van der Waals surface area contributed by atoms with Gasteiger partial charge in [0.1, 0.15) is 18.5 Å². The summed E-state index contributed by atoms with van der Waals surface area (Å²) in [6, 6.07) is 11.0. The molecule has 2 saturated carbocycles. The number of aldehydes is 1. The van der Waals surface area contributed by atoms with Crippen molar-refractivity contribution in [3.63, 3.8) is 0 Å². The van der Waals surface area contributed by atoms with Crippen molar-refractivity contribution in [3.05, 3.63) is 71.2 Å². The highest BCUT2D eigenvalue weighted by molar-refractivity contribution is 5.89. The largest absolute Gasteiger partial charge is 0.472 e. The fourth-order valence-corrected chi connectivity index (χ4v) is 10.4. The maximum atomic E-state index is 13.6. The zero-order valence-electron chi connectivity index (χ0n) is 25.4. The average molecular weight is 589 g/mol. The van der Waals surface area contributed by atoms with Crippen LogP contribution in [-0.4, -0.2) is 55.4 Å². The lowest BCUT2D eigenvalue weighted by molar-refractivity contribution is -0.244. The Morgan fingerprint density at radius 1 is 1.05 bits per heavy atom. The van der Waals surface area contributed by atoms with Gasteiger partial charge in [-0.1, -0.05) is 44.5 Å².